The molecule has 0 aliphatic carbocycles. The molecule has 0 radical (unpaired) electrons. The fourth-order valence-corrected chi connectivity index (χ4v) is 2.89. The van der Waals surface area contributed by atoms with Gasteiger partial charge in [-0.1, -0.05) is 18.2 Å². The predicted molar refractivity (Wildman–Crippen MR) is 103 cm³/mol. The van der Waals surface area contributed by atoms with E-state index in [4.69, 9.17) is 4.74 Å². The first-order valence-electron chi connectivity index (χ1n) is 8.35. The molecule has 6 nitrogen and oxygen atoms in total. The van der Waals surface area contributed by atoms with E-state index < -0.39 is 11.7 Å². The van der Waals surface area contributed by atoms with E-state index in [0.29, 0.717) is 35.4 Å². The van der Waals surface area contributed by atoms with Crippen molar-refractivity contribution in [1.29, 1.82) is 0 Å². The number of nitrogens with one attached hydrogen (secondary N) is 2. The van der Waals surface area contributed by atoms with E-state index in [0.717, 1.165) is 6.54 Å². The molecule has 1 aliphatic heterocycles. The Labute approximate surface area is 161 Å². The van der Waals surface area contributed by atoms with Crippen LogP contribution in [0.2, 0.25) is 0 Å². The monoisotopic (exact) mass is 388 g/mol. The Morgan fingerprint density at radius 3 is 2.78 bits per heavy atom. The highest BCUT2D eigenvalue weighted by Crippen LogP contribution is 2.24. The van der Waals surface area contributed by atoms with Crippen LogP contribution in [0.15, 0.2) is 48.7 Å². The number of para-hydroxylation sites is 2. The number of carbonyl (C=O) groups excluding carboxylic acids is 1. The third kappa shape index (κ3) is 4.21. The lowest BCUT2D eigenvalue weighted by Crippen LogP contribution is -2.33. The van der Waals surface area contributed by atoms with Crippen molar-refractivity contribution < 1.29 is 13.9 Å². The van der Waals surface area contributed by atoms with Crippen molar-refractivity contribution in [2.24, 2.45) is 0 Å². The predicted octanol–water partition coefficient (Wildman–Crippen LogP) is 3.10. The Bertz CT molecular complexity index is 963. The topological polar surface area (TPSA) is 76.1 Å². The highest BCUT2D eigenvalue weighted by Gasteiger charge is 2.20. The molecule has 3 aromatic rings. The van der Waals surface area contributed by atoms with Crippen LogP contribution in [0.5, 0.6) is 0 Å². The number of halogens is 2. The number of ether oxygens (including phenoxy) is 1. The molecule has 0 spiro atoms. The van der Waals surface area contributed by atoms with Gasteiger partial charge in [-0.05, 0) is 24.3 Å². The maximum absolute atomic E-state index is 14.4. The van der Waals surface area contributed by atoms with Crippen LogP contribution >= 0.6 is 12.4 Å². The first-order chi connectivity index (χ1) is 12.7. The number of amides is 1. The number of aromatic nitrogens is 2. The van der Waals surface area contributed by atoms with Gasteiger partial charge in [-0.2, -0.15) is 0 Å². The Morgan fingerprint density at radius 1 is 1.22 bits per heavy atom. The van der Waals surface area contributed by atoms with Crippen LogP contribution in [0, 0.1) is 5.82 Å². The first-order valence-corrected chi connectivity index (χ1v) is 8.35. The third-order valence-corrected chi connectivity index (χ3v) is 4.21. The SMILES string of the molecule is Cl.O=C(Nc1ccc(C2CNCCO2)c(F)c1)c1cnc2ccccc2n1. The summed E-state index contributed by atoms with van der Waals surface area (Å²) in [6.07, 6.45) is 1.09. The van der Waals surface area contributed by atoms with Crippen LogP contribution in [0.25, 0.3) is 11.0 Å². The quantitative estimate of drug-likeness (QED) is 0.721. The van der Waals surface area contributed by atoms with Crippen LogP contribution in [0.3, 0.4) is 0 Å². The zero-order valence-electron chi connectivity index (χ0n) is 14.3. The second-order valence-electron chi connectivity index (χ2n) is 6.00. The lowest BCUT2D eigenvalue weighted by Gasteiger charge is -2.24. The van der Waals surface area contributed by atoms with Crippen molar-refractivity contribution in [1.82, 2.24) is 15.3 Å². The van der Waals surface area contributed by atoms with Gasteiger partial charge in [0.25, 0.3) is 5.91 Å². The van der Waals surface area contributed by atoms with Crippen molar-refractivity contribution in [3.05, 3.63) is 65.7 Å². The lowest BCUT2D eigenvalue weighted by atomic mass is 10.1. The molecule has 2 heterocycles. The van der Waals surface area contributed by atoms with Gasteiger partial charge in [-0.15, -0.1) is 12.4 Å². The summed E-state index contributed by atoms with van der Waals surface area (Å²) < 4.78 is 20.0. The maximum Gasteiger partial charge on any atom is 0.275 e. The van der Waals surface area contributed by atoms with Crippen LogP contribution < -0.4 is 10.6 Å². The van der Waals surface area contributed by atoms with Gasteiger partial charge in [0.2, 0.25) is 0 Å². The first kappa shape index (κ1) is 19.2. The molecule has 4 rings (SSSR count). The molecule has 1 aliphatic rings. The Kier molecular flexibility index (Phi) is 5.95. The molecule has 1 atom stereocenters. The van der Waals surface area contributed by atoms with Gasteiger partial charge in [-0.25, -0.2) is 9.37 Å². The van der Waals surface area contributed by atoms with Gasteiger partial charge in [0, 0.05) is 24.3 Å². The maximum atomic E-state index is 14.4. The highest BCUT2D eigenvalue weighted by molar-refractivity contribution is 6.03. The molecule has 27 heavy (non-hydrogen) atoms. The normalized spacial score (nSPS) is 16.6. The van der Waals surface area contributed by atoms with Gasteiger partial charge in [0.1, 0.15) is 11.5 Å². The summed E-state index contributed by atoms with van der Waals surface area (Å²) in [7, 11) is 0. The molecule has 2 aromatic carbocycles. The van der Waals surface area contributed by atoms with Crippen molar-refractivity contribution in [2.45, 2.75) is 6.10 Å². The Hall–Kier alpha value is -2.61. The summed E-state index contributed by atoms with van der Waals surface area (Å²) in [5, 5.41) is 5.82. The van der Waals surface area contributed by atoms with Crippen molar-refractivity contribution >= 4 is 35.0 Å². The van der Waals surface area contributed by atoms with Gasteiger partial charge in [0.15, 0.2) is 0 Å². The molecule has 1 fully saturated rings. The average molecular weight is 389 g/mol. The van der Waals surface area contributed by atoms with E-state index in [1.165, 1.54) is 12.3 Å². The van der Waals surface area contributed by atoms with Crippen molar-refractivity contribution in [3.63, 3.8) is 0 Å². The number of nitrogens with zero attached hydrogens (tertiary/aromatic N) is 2. The van der Waals surface area contributed by atoms with Gasteiger partial charge in [0.05, 0.1) is 29.9 Å². The summed E-state index contributed by atoms with van der Waals surface area (Å²) in [6.45, 7) is 1.87. The average Bonchev–Trinajstić information content (AvgIpc) is 2.68. The Morgan fingerprint density at radius 2 is 2.04 bits per heavy atom. The molecular formula is C19H18ClFN4O2. The molecule has 1 unspecified atom stereocenters. The molecule has 1 saturated heterocycles. The van der Waals surface area contributed by atoms with E-state index in [2.05, 4.69) is 20.6 Å². The Balaban J connectivity index is 0.00000210. The fourth-order valence-electron chi connectivity index (χ4n) is 2.89. The van der Waals surface area contributed by atoms with Crippen LogP contribution in [-0.2, 0) is 4.74 Å². The molecule has 2 N–H and O–H groups in total. The number of anilines is 1. The standard InChI is InChI=1S/C19H17FN4O2.ClH/c20-14-9-12(5-6-13(14)18-11-21-7-8-26-18)23-19(25)17-10-22-15-3-1-2-4-16(15)24-17;/h1-6,9-10,18,21H,7-8,11H2,(H,23,25);1H. The summed E-state index contributed by atoms with van der Waals surface area (Å²) in [4.78, 5) is 20.9. The number of fused-ring (bicyclic) bond motifs is 1. The number of morpholine rings is 1. The van der Waals surface area contributed by atoms with Crippen LogP contribution in [0.4, 0.5) is 10.1 Å². The molecular weight excluding hydrogens is 371 g/mol. The molecule has 0 bridgehead atoms. The second-order valence-corrected chi connectivity index (χ2v) is 6.00. The lowest BCUT2D eigenvalue weighted by molar-refractivity contribution is 0.0255. The number of carbonyl (C=O) groups is 1. The minimum absolute atomic E-state index is 0. The third-order valence-electron chi connectivity index (χ3n) is 4.21. The molecule has 0 saturated carbocycles. The summed E-state index contributed by atoms with van der Waals surface area (Å²) in [6, 6.07) is 11.9. The van der Waals surface area contributed by atoms with Gasteiger partial charge < -0.3 is 15.4 Å². The summed E-state index contributed by atoms with van der Waals surface area (Å²) in [5.41, 5.74) is 2.34. The number of benzene rings is 2. The number of hydrogen-bond donors (Lipinski definition) is 2. The largest absolute Gasteiger partial charge is 0.371 e. The molecule has 8 heteroatoms. The zero-order chi connectivity index (χ0) is 17.9. The second kappa shape index (κ2) is 8.39. The van der Waals surface area contributed by atoms with Crippen molar-refractivity contribution in [2.75, 3.05) is 25.0 Å². The molecule has 140 valence electrons. The summed E-state index contributed by atoms with van der Waals surface area (Å²) >= 11 is 0. The van der Waals surface area contributed by atoms with E-state index in [1.807, 2.05) is 18.2 Å². The van der Waals surface area contributed by atoms with E-state index in [9.17, 15) is 9.18 Å². The van der Waals surface area contributed by atoms with Gasteiger partial charge in [-0.3, -0.25) is 9.78 Å². The minimum Gasteiger partial charge on any atom is -0.371 e. The molecule has 1 aromatic heterocycles. The van der Waals surface area contributed by atoms with E-state index in [1.54, 1.807) is 18.2 Å². The van der Waals surface area contributed by atoms with Gasteiger partial charge >= 0.3 is 0 Å². The minimum atomic E-state index is -0.439. The highest BCUT2D eigenvalue weighted by atomic mass is 35.5. The number of hydrogen-bond acceptors (Lipinski definition) is 5. The molecule has 1 amide bonds. The summed E-state index contributed by atoms with van der Waals surface area (Å²) in [5.74, 6) is -0.855. The van der Waals surface area contributed by atoms with E-state index in [-0.39, 0.29) is 24.2 Å². The van der Waals surface area contributed by atoms with Crippen molar-refractivity contribution in [3.8, 4) is 0 Å². The van der Waals surface area contributed by atoms with E-state index >= 15 is 0 Å². The zero-order valence-corrected chi connectivity index (χ0v) is 15.1. The van der Waals surface area contributed by atoms with Crippen LogP contribution in [0.1, 0.15) is 22.2 Å². The number of rotatable bonds is 3. The smallest absolute Gasteiger partial charge is 0.275 e. The van der Waals surface area contributed by atoms with Crippen LogP contribution in [-0.4, -0.2) is 35.6 Å². The fraction of sp³-hybridized carbons (Fsp3) is 0.211.